The van der Waals surface area contributed by atoms with Crippen LogP contribution < -0.4 is 10.6 Å². The minimum atomic E-state index is -4.38. The molecule has 0 saturated carbocycles. The standard InChI is InChI=1S/C19H33F3N6S/c1-5-23-18(24-7-6-17-26-16(13-29-17)19(20,21)22)25-12-15(14(2)3)28-10-8-27(4)9-11-28/h13-15H,5-12H2,1-4H3,(H2,23,24,25). The van der Waals surface area contributed by atoms with Gasteiger partial charge in [-0.25, -0.2) is 4.98 Å². The van der Waals surface area contributed by atoms with Crippen molar-refractivity contribution in [2.45, 2.75) is 39.4 Å². The Labute approximate surface area is 175 Å². The molecule has 1 unspecified atom stereocenters. The van der Waals surface area contributed by atoms with Gasteiger partial charge in [0.2, 0.25) is 0 Å². The Balaban J connectivity index is 1.89. The number of rotatable bonds is 8. The number of aromatic nitrogens is 1. The summed E-state index contributed by atoms with van der Waals surface area (Å²) in [5.74, 6) is 1.18. The van der Waals surface area contributed by atoms with Crippen LogP contribution in [0.3, 0.4) is 0 Å². The van der Waals surface area contributed by atoms with Crippen molar-refractivity contribution >= 4 is 17.3 Å². The van der Waals surface area contributed by atoms with E-state index in [1.165, 1.54) is 0 Å². The molecule has 29 heavy (non-hydrogen) atoms. The molecule has 0 spiro atoms. The lowest BCUT2D eigenvalue weighted by atomic mass is 10.0. The van der Waals surface area contributed by atoms with Gasteiger partial charge < -0.3 is 15.5 Å². The summed E-state index contributed by atoms with van der Waals surface area (Å²) in [6, 6.07) is 0.368. The van der Waals surface area contributed by atoms with E-state index in [1.54, 1.807) is 0 Å². The Kier molecular flexibility index (Phi) is 9.16. The molecule has 2 heterocycles. The second-order valence-corrected chi connectivity index (χ2v) is 8.61. The van der Waals surface area contributed by atoms with Crippen molar-refractivity contribution in [3.63, 3.8) is 0 Å². The zero-order valence-corrected chi connectivity index (χ0v) is 18.5. The first-order chi connectivity index (χ1) is 13.7. The summed E-state index contributed by atoms with van der Waals surface area (Å²) in [4.78, 5) is 13.3. The molecule has 1 aromatic rings. The highest BCUT2D eigenvalue weighted by atomic mass is 32.1. The van der Waals surface area contributed by atoms with Gasteiger partial charge in [0.05, 0.1) is 11.6 Å². The smallest absolute Gasteiger partial charge is 0.357 e. The summed E-state index contributed by atoms with van der Waals surface area (Å²) in [6.45, 7) is 12.6. The lowest BCUT2D eigenvalue weighted by molar-refractivity contribution is -0.140. The Morgan fingerprint density at radius 1 is 1.24 bits per heavy atom. The van der Waals surface area contributed by atoms with Gasteiger partial charge in [0.25, 0.3) is 0 Å². The van der Waals surface area contributed by atoms with Crippen molar-refractivity contribution in [1.29, 1.82) is 0 Å². The van der Waals surface area contributed by atoms with Crippen LogP contribution in [0.25, 0.3) is 0 Å². The van der Waals surface area contributed by atoms with Gasteiger partial charge >= 0.3 is 6.18 Å². The number of hydrogen-bond donors (Lipinski definition) is 2. The van der Waals surface area contributed by atoms with E-state index in [0.717, 1.165) is 49.4 Å². The van der Waals surface area contributed by atoms with E-state index in [2.05, 4.69) is 46.3 Å². The van der Waals surface area contributed by atoms with E-state index in [-0.39, 0.29) is 0 Å². The van der Waals surface area contributed by atoms with Crippen molar-refractivity contribution < 1.29 is 13.2 Å². The first kappa shape index (κ1) is 23.9. The molecule has 1 fully saturated rings. The maximum absolute atomic E-state index is 12.7. The number of likely N-dealkylation sites (N-methyl/N-ethyl adjacent to an activating group) is 1. The summed E-state index contributed by atoms with van der Waals surface area (Å²) < 4.78 is 38.0. The molecule has 0 aromatic carbocycles. The molecule has 10 heteroatoms. The molecular weight excluding hydrogens is 401 g/mol. The van der Waals surface area contributed by atoms with Crippen LogP contribution in [0.5, 0.6) is 0 Å². The topological polar surface area (TPSA) is 55.8 Å². The van der Waals surface area contributed by atoms with Crippen LogP contribution in [0.15, 0.2) is 10.4 Å². The highest BCUT2D eigenvalue weighted by Gasteiger charge is 2.33. The molecule has 1 aliphatic heterocycles. The lowest BCUT2D eigenvalue weighted by Gasteiger charge is -2.39. The third-order valence-electron chi connectivity index (χ3n) is 5.03. The van der Waals surface area contributed by atoms with E-state index >= 15 is 0 Å². The molecular formula is C19H33F3N6S. The SMILES string of the molecule is CCNC(=NCC(C(C)C)N1CCN(C)CC1)NCCc1nc(C(F)(F)F)cs1. The minimum Gasteiger partial charge on any atom is -0.357 e. The summed E-state index contributed by atoms with van der Waals surface area (Å²) in [7, 11) is 2.15. The first-order valence-electron chi connectivity index (χ1n) is 10.2. The summed E-state index contributed by atoms with van der Waals surface area (Å²) in [5.41, 5.74) is -0.815. The number of alkyl halides is 3. The Hall–Kier alpha value is -1.39. The monoisotopic (exact) mass is 434 g/mol. The summed E-state index contributed by atoms with van der Waals surface area (Å²) in [5, 5.41) is 7.97. The van der Waals surface area contributed by atoms with Crippen LogP contribution in [-0.4, -0.2) is 79.6 Å². The second kappa shape index (κ2) is 11.1. The average Bonchev–Trinajstić information content (AvgIpc) is 3.12. The van der Waals surface area contributed by atoms with Gasteiger partial charge in [-0.2, -0.15) is 13.2 Å². The first-order valence-corrected chi connectivity index (χ1v) is 11.0. The van der Waals surface area contributed by atoms with Gasteiger partial charge in [0, 0.05) is 57.1 Å². The van der Waals surface area contributed by atoms with Crippen LogP contribution in [-0.2, 0) is 12.6 Å². The number of hydrogen-bond acceptors (Lipinski definition) is 5. The lowest BCUT2D eigenvalue weighted by Crippen LogP contribution is -2.52. The Morgan fingerprint density at radius 2 is 1.93 bits per heavy atom. The molecule has 6 nitrogen and oxygen atoms in total. The number of aliphatic imine (C=N–C) groups is 1. The number of thiazole rings is 1. The third kappa shape index (κ3) is 7.75. The average molecular weight is 435 g/mol. The molecule has 1 aromatic heterocycles. The fourth-order valence-corrected chi connectivity index (χ4v) is 4.08. The molecule has 0 radical (unpaired) electrons. The van der Waals surface area contributed by atoms with E-state index in [9.17, 15) is 13.2 Å². The molecule has 0 aliphatic carbocycles. The van der Waals surface area contributed by atoms with Crippen LogP contribution in [0.4, 0.5) is 13.2 Å². The number of guanidine groups is 1. The van der Waals surface area contributed by atoms with E-state index in [0.29, 0.717) is 42.4 Å². The second-order valence-electron chi connectivity index (χ2n) is 7.67. The van der Waals surface area contributed by atoms with E-state index < -0.39 is 11.9 Å². The molecule has 2 rings (SSSR count). The van der Waals surface area contributed by atoms with Gasteiger partial charge in [0.15, 0.2) is 11.7 Å². The fraction of sp³-hybridized carbons (Fsp3) is 0.789. The van der Waals surface area contributed by atoms with Crippen molar-refractivity contribution in [1.82, 2.24) is 25.4 Å². The Bertz CT molecular complexity index is 638. The Morgan fingerprint density at radius 3 is 2.48 bits per heavy atom. The van der Waals surface area contributed by atoms with Crippen molar-refractivity contribution in [2.24, 2.45) is 10.9 Å². The maximum Gasteiger partial charge on any atom is 0.434 e. The third-order valence-corrected chi connectivity index (χ3v) is 5.94. The zero-order valence-electron chi connectivity index (χ0n) is 17.7. The van der Waals surface area contributed by atoms with E-state index in [4.69, 9.17) is 4.99 Å². The van der Waals surface area contributed by atoms with Crippen LogP contribution in [0.2, 0.25) is 0 Å². The highest BCUT2D eigenvalue weighted by Crippen LogP contribution is 2.30. The molecule has 166 valence electrons. The van der Waals surface area contributed by atoms with E-state index in [1.807, 2.05) is 6.92 Å². The van der Waals surface area contributed by atoms with Crippen molar-refractivity contribution in [2.75, 3.05) is 52.9 Å². The van der Waals surface area contributed by atoms with Crippen molar-refractivity contribution in [3.8, 4) is 0 Å². The number of nitrogens with zero attached hydrogens (tertiary/aromatic N) is 4. The molecule has 1 atom stereocenters. The predicted molar refractivity (Wildman–Crippen MR) is 112 cm³/mol. The zero-order chi connectivity index (χ0) is 21.4. The largest absolute Gasteiger partial charge is 0.434 e. The van der Waals surface area contributed by atoms with Gasteiger partial charge in [-0.15, -0.1) is 11.3 Å². The van der Waals surface area contributed by atoms with Gasteiger partial charge in [0.1, 0.15) is 0 Å². The normalized spacial score (nSPS) is 18.3. The number of nitrogens with one attached hydrogen (secondary N) is 2. The highest BCUT2D eigenvalue weighted by molar-refractivity contribution is 7.09. The number of piperazine rings is 1. The summed E-state index contributed by atoms with van der Waals surface area (Å²) >= 11 is 1.04. The van der Waals surface area contributed by atoms with Gasteiger partial charge in [-0.05, 0) is 19.9 Å². The van der Waals surface area contributed by atoms with Crippen LogP contribution in [0.1, 0.15) is 31.5 Å². The van der Waals surface area contributed by atoms with Gasteiger partial charge in [-0.1, -0.05) is 13.8 Å². The number of halogens is 3. The quantitative estimate of drug-likeness (QED) is 0.487. The molecule has 0 amide bonds. The minimum absolute atomic E-state index is 0.368. The maximum atomic E-state index is 12.7. The van der Waals surface area contributed by atoms with Gasteiger partial charge in [-0.3, -0.25) is 9.89 Å². The summed E-state index contributed by atoms with van der Waals surface area (Å²) in [6.07, 6.45) is -3.95. The molecule has 1 saturated heterocycles. The van der Waals surface area contributed by atoms with Crippen molar-refractivity contribution in [3.05, 3.63) is 16.1 Å². The van der Waals surface area contributed by atoms with Crippen LogP contribution in [0, 0.1) is 5.92 Å². The molecule has 2 N–H and O–H groups in total. The fourth-order valence-electron chi connectivity index (χ4n) is 3.27. The molecule has 1 aliphatic rings. The predicted octanol–water partition coefficient (Wildman–Crippen LogP) is 2.53. The van der Waals surface area contributed by atoms with Crippen LogP contribution >= 0.6 is 11.3 Å². The molecule has 0 bridgehead atoms.